The van der Waals surface area contributed by atoms with E-state index < -0.39 is 0 Å². The molecule has 0 aliphatic carbocycles. The van der Waals surface area contributed by atoms with Gasteiger partial charge < -0.3 is 0 Å². The summed E-state index contributed by atoms with van der Waals surface area (Å²) in [6, 6.07) is 9.17. The van der Waals surface area contributed by atoms with Crippen LogP contribution in [0.5, 0.6) is 0 Å². The van der Waals surface area contributed by atoms with Crippen molar-refractivity contribution >= 4 is 0 Å². The molecule has 0 amide bonds. The van der Waals surface area contributed by atoms with Gasteiger partial charge in [-0.25, -0.2) is 0 Å². The van der Waals surface area contributed by atoms with Crippen LogP contribution in [0.1, 0.15) is 44.7 Å². The van der Waals surface area contributed by atoms with E-state index in [1.54, 1.807) is 0 Å². The lowest BCUT2D eigenvalue weighted by molar-refractivity contribution is 0.185. The van der Waals surface area contributed by atoms with Crippen LogP contribution in [-0.2, 0) is 13.0 Å². The first-order chi connectivity index (χ1) is 8.63. The number of hydrogen-bond acceptors (Lipinski definition) is 1. The van der Waals surface area contributed by atoms with Gasteiger partial charge in [-0.2, -0.15) is 0 Å². The molecule has 0 bridgehead atoms. The fourth-order valence-electron chi connectivity index (χ4n) is 2.80. The number of nitrogens with zero attached hydrogens (tertiary/aromatic N) is 1. The smallest absolute Gasteiger partial charge is 0.0233 e. The quantitative estimate of drug-likeness (QED) is 0.771. The van der Waals surface area contributed by atoms with Crippen LogP contribution in [0.3, 0.4) is 0 Å². The lowest BCUT2D eigenvalue weighted by Crippen LogP contribution is -2.32. The van der Waals surface area contributed by atoms with Crippen molar-refractivity contribution in [2.75, 3.05) is 13.1 Å². The zero-order chi connectivity index (χ0) is 13.0. The van der Waals surface area contributed by atoms with Crippen molar-refractivity contribution in [2.24, 2.45) is 11.8 Å². The van der Waals surface area contributed by atoms with Gasteiger partial charge in [0.1, 0.15) is 0 Å². The van der Waals surface area contributed by atoms with E-state index >= 15 is 0 Å². The predicted molar refractivity (Wildman–Crippen MR) is 78.7 cm³/mol. The Bertz CT molecular complexity index is 362. The first-order valence-electron chi connectivity index (χ1n) is 7.43. The van der Waals surface area contributed by atoms with Crippen molar-refractivity contribution in [1.82, 2.24) is 4.90 Å². The van der Waals surface area contributed by atoms with E-state index in [0.717, 1.165) is 18.4 Å². The highest BCUT2D eigenvalue weighted by Gasteiger charge is 2.15. The van der Waals surface area contributed by atoms with Crippen molar-refractivity contribution in [1.29, 1.82) is 0 Å². The highest BCUT2D eigenvalue weighted by molar-refractivity contribution is 5.23. The van der Waals surface area contributed by atoms with Gasteiger partial charge in [0.2, 0.25) is 0 Å². The zero-order valence-electron chi connectivity index (χ0n) is 12.2. The molecule has 18 heavy (non-hydrogen) atoms. The maximum atomic E-state index is 2.61. The number of rotatable bonds is 4. The van der Waals surface area contributed by atoms with Crippen molar-refractivity contribution in [3.05, 3.63) is 35.4 Å². The Morgan fingerprint density at radius 3 is 2.50 bits per heavy atom. The second kappa shape index (κ2) is 6.38. The summed E-state index contributed by atoms with van der Waals surface area (Å²) in [5.41, 5.74) is 2.98. The van der Waals surface area contributed by atoms with Gasteiger partial charge in [-0.05, 0) is 55.3 Å². The monoisotopic (exact) mass is 245 g/mol. The third kappa shape index (κ3) is 4.13. The summed E-state index contributed by atoms with van der Waals surface area (Å²) in [6.45, 7) is 10.6. The molecule has 0 saturated carbocycles. The molecular weight excluding hydrogens is 218 g/mol. The maximum absolute atomic E-state index is 2.61. The Hall–Kier alpha value is -0.820. The zero-order valence-corrected chi connectivity index (χ0v) is 12.2. The number of hydrogen-bond donors (Lipinski definition) is 0. The average molecular weight is 245 g/mol. The molecule has 0 unspecified atom stereocenters. The van der Waals surface area contributed by atoms with Gasteiger partial charge in [0.05, 0.1) is 0 Å². The Balaban J connectivity index is 1.92. The fraction of sp³-hybridized carbons (Fsp3) is 0.647. The van der Waals surface area contributed by atoms with Crippen LogP contribution in [0.25, 0.3) is 0 Å². The summed E-state index contributed by atoms with van der Waals surface area (Å²) in [6.07, 6.45) is 3.93. The van der Waals surface area contributed by atoms with Gasteiger partial charge in [-0.15, -0.1) is 0 Å². The third-order valence-corrected chi connectivity index (χ3v) is 3.92. The minimum Gasteiger partial charge on any atom is -0.299 e. The summed E-state index contributed by atoms with van der Waals surface area (Å²) in [7, 11) is 0. The van der Waals surface area contributed by atoms with Gasteiger partial charge in [0.25, 0.3) is 0 Å². The molecule has 1 saturated heterocycles. The number of benzene rings is 1. The van der Waals surface area contributed by atoms with Gasteiger partial charge >= 0.3 is 0 Å². The van der Waals surface area contributed by atoms with Crippen LogP contribution in [-0.4, -0.2) is 18.0 Å². The molecule has 100 valence electrons. The second-order valence-corrected chi connectivity index (χ2v) is 6.38. The number of piperidine rings is 1. The molecule has 2 rings (SSSR count). The van der Waals surface area contributed by atoms with Crippen molar-refractivity contribution in [2.45, 2.75) is 46.6 Å². The Morgan fingerprint density at radius 2 is 1.83 bits per heavy atom. The van der Waals surface area contributed by atoms with E-state index in [1.807, 2.05) is 0 Å². The van der Waals surface area contributed by atoms with Crippen molar-refractivity contribution in [3.8, 4) is 0 Å². The standard InChI is InChI=1S/C17H27N/c1-14(2)11-16-5-4-6-17(12-16)13-18-9-7-15(3)8-10-18/h4-6,12,14-15H,7-11,13H2,1-3H3. The van der Waals surface area contributed by atoms with E-state index in [2.05, 4.69) is 49.9 Å². The highest BCUT2D eigenvalue weighted by Crippen LogP contribution is 2.19. The first-order valence-corrected chi connectivity index (χ1v) is 7.43. The SMILES string of the molecule is CC(C)Cc1cccc(CN2CCC(C)CC2)c1. The molecule has 1 nitrogen and oxygen atoms in total. The molecule has 1 aromatic carbocycles. The summed E-state index contributed by atoms with van der Waals surface area (Å²) in [5, 5.41) is 0. The molecule has 0 aromatic heterocycles. The lowest BCUT2D eigenvalue weighted by atomic mass is 9.98. The minimum atomic E-state index is 0.746. The molecule has 1 fully saturated rings. The van der Waals surface area contributed by atoms with Crippen LogP contribution in [0.15, 0.2) is 24.3 Å². The van der Waals surface area contributed by atoms with E-state index in [0.29, 0.717) is 0 Å². The van der Waals surface area contributed by atoms with Gasteiger partial charge in [-0.3, -0.25) is 4.90 Å². The topological polar surface area (TPSA) is 3.24 Å². The average Bonchev–Trinajstić information content (AvgIpc) is 2.32. The van der Waals surface area contributed by atoms with Crippen LogP contribution in [0, 0.1) is 11.8 Å². The Morgan fingerprint density at radius 1 is 1.17 bits per heavy atom. The largest absolute Gasteiger partial charge is 0.299 e. The van der Waals surface area contributed by atoms with Crippen LogP contribution >= 0.6 is 0 Å². The predicted octanol–water partition coefficient (Wildman–Crippen LogP) is 4.12. The molecular formula is C17H27N. The lowest BCUT2D eigenvalue weighted by Gasteiger charge is -2.30. The van der Waals surface area contributed by atoms with Crippen molar-refractivity contribution in [3.63, 3.8) is 0 Å². The highest BCUT2D eigenvalue weighted by atomic mass is 15.1. The summed E-state index contributed by atoms with van der Waals surface area (Å²) in [4.78, 5) is 2.61. The van der Waals surface area contributed by atoms with Gasteiger partial charge in [-0.1, -0.05) is 45.0 Å². The number of likely N-dealkylation sites (tertiary alicyclic amines) is 1. The first kappa shape index (κ1) is 13.6. The minimum absolute atomic E-state index is 0.746. The van der Waals surface area contributed by atoms with Crippen molar-refractivity contribution < 1.29 is 0 Å². The molecule has 0 N–H and O–H groups in total. The van der Waals surface area contributed by atoms with E-state index in [1.165, 1.54) is 43.5 Å². The van der Waals surface area contributed by atoms with Crippen LogP contribution in [0.2, 0.25) is 0 Å². The third-order valence-electron chi connectivity index (χ3n) is 3.92. The normalized spacial score (nSPS) is 18.4. The van der Waals surface area contributed by atoms with Crippen LogP contribution in [0.4, 0.5) is 0 Å². The molecule has 1 aromatic rings. The molecule has 0 spiro atoms. The molecule has 1 heteroatoms. The van der Waals surface area contributed by atoms with E-state index in [-0.39, 0.29) is 0 Å². The molecule has 1 aliphatic heterocycles. The van der Waals surface area contributed by atoms with Gasteiger partial charge in [0, 0.05) is 6.54 Å². The summed E-state index contributed by atoms with van der Waals surface area (Å²) < 4.78 is 0. The fourth-order valence-corrected chi connectivity index (χ4v) is 2.80. The maximum Gasteiger partial charge on any atom is 0.0233 e. The Kier molecular flexibility index (Phi) is 4.82. The Labute approximate surface area is 112 Å². The molecule has 0 atom stereocenters. The van der Waals surface area contributed by atoms with Gasteiger partial charge in [0.15, 0.2) is 0 Å². The second-order valence-electron chi connectivity index (χ2n) is 6.38. The molecule has 1 heterocycles. The molecule has 0 radical (unpaired) electrons. The summed E-state index contributed by atoms with van der Waals surface area (Å²) in [5.74, 6) is 1.67. The summed E-state index contributed by atoms with van der Waals surface area (Å²) >= 11 is 0. The van der Waals surface area contributed by atoms with Crippen LogP contribution < -0.4 is 0 Å². The van der Waals surface area contributed by atoms with E-state index in [4.69, 9.17) is 0 Å². The van der Waals surface area contributed by atoms with E-state index in [9.17, 15) is 0 Å². The molecule has 1 aliphatic rings.